The lowest BCUT2D eigenvalue weighted by Gasteiger charge is -2.20. The molecule has 1 unspecified atom stereocenters. The first-order chi connectivity index (χ1) is 9.89. The van der Waals surface area contributed by atoms with E-state index < -0.39 is 17.3 Å². The van der Waals surface area contributed by atoms with Crippen molar-refractivity contribution in [3.8, 4) is 23.0 Å². The fourth-order valence-electron chi connectivity index (χ4n) is 2.33. The SMILES string of the molecule is O=C1c2c(O)cc(O)cc2OC1(O)Cc1ccc(O)cc1. The van der Waals surface area contributed by atoms with Crippen molar-refractivity contribution in [2.45, 2.75) is 12.2 Å². The molecule has 1 heterocycles. The molecule has 1 aliphatic rings. The van der Waals surface area contributed by atoms with Crippen LogP contribution < -0.4 is 4.74 Å². The van der Waals surface area contributed by atoms with E-state index in [4.69, 9.17) is 4.74 Å². The topological polar surface area (TPSA) is 107 Å². The Balaban J connectivity index is 1.95. The third-order valence-corrected chi connectivity index (χ3v) is 3.31. The largest absolute Gasteiger partial charge is 0.508 e. The molecule has 0 fully saturated rings. The van der Waals surface area contributed by atoms with Crippen LogP contribution >= 0.6 is 0 Å². The molecular formula is C15H12O6. The summed E-state index contributed by atoms with van der Waals surface area (Å²) in [5.41, 5.74) is 0.411. The van der Waals surface area contributed by atoms with Gasteiger partial charge in [0.1, 0.15) is 28.6 Å². The third-order valence-electron chi connectivity index (χ3n) is 3.31. The van der Waals surface area contributed by atoms with Crippen LogP contribution in [0.3, 0.4) is 0 Å². The van der Waals surface area contributed by atoms with Gasteiger partial charge in [-0.1, -0.05) is 12.1 Å². The van der Waals surface area contributed by atoms with Crippen LogP contribution in [0.2, 0.25) is 0 Å². The number of benzene rings is 2. The summed E-state index contributed by atoms with van der Waals surface area (Å²) in [6.07, 6.45) is -0.152. The molecule has 4 N–H and O–H groups in total. The molecule has 6 nitrogen and oxygen atoms in total. The summed E-state index contributed by atoms with van der Waals surface area (Å²) < 4.78 is 5.23. The summed E-state index contributed by atoms with van der Waals surface area (Å²) in [6.45, 7) is 0. The second-order valence-corrected chi connectivity index (χ2v) is 4.90. The van der Waals surface area contributed by atoms with Crippen LogP contribution in [0, 0.1) is 0 Å². The molecule has 108 valence electrons. The summed E-state index contributed by atoms with van der Waals surface area (Å²) in [5.74, 6) is -3.65. The summed E-state index contributed by atoms with van der Waals surface area (Å²) in [5, 5.41) is 38.7. The zero-order valence-electron chi connectivity index (χ0n) is 10.8. The maximum absolute atomic E-state index is 12.3. The molecule has 0 amide bonds. The quantitative estimate of drug-likeness (QED) is 0.663. The third kappa shape index (κ3) is 2.15. The van der Waals surface area contributed by atoms with E-state index in [1.54, 1.807) is 12.1 Å². The van der Waals surface area contributed by atoms with Crippen molar-refractivity contribution in [1.29, 1.82) is 0 Å². The van der Waals surface area contributed by atoms with Crippen LogP contribution in [0.1, 0.15) is 15.9 Å². The molecule has 0 spiro atoms. The Hall–Kier alpha value is -2.73. The molecule has 0 saturated heterocycles. The van der Waals surface area contributed by atoms with Crippen molar-refractivity contribution in [3.63, 3.8) is 0 Å². The van der Waals surface area contributed by atoms with Gasteiger partial charge in [-0.2, -0.15) is 0 Å². The minimum atomic E-state index is -2.15. The van der Waals surface area contributed by atoms with Crippen molar-refractivity contribution in [3.05, 3.63) is 47.5 Å². The lowest BCUT2D eigenvalue weighted by Crippen LogP contribution is -2.42. The number of hydrogen-bond donors (Lipinski definition) is 4. The average molecular weight is 288 g/mol. The number of carbonyl (C=O) groups excluding carboxylic acids is 1. The van der Waals surface area contributed by atoms with Crippen LogP contribution in [0.15, 0.2) is 36.4 Å². The zero-order valence-corrected chi connectivity index (χ0v) is 10.8. The first-order valence-corrected chi connectivity index (χ1v) is 6.19. The molecule has 21 heavy (non-hydrogen) atoms. The molecule has 1 aliphatic heterocycles. The van der Waals surface area contributed by atoms with Gasteiger partial charge in [-0.25, -0.2) is 0 Å². The maximum Gasteiger partial charge on any atom is 0.277 e. The Bertz CT molecular complexity index is 722. The van der Waals surface area contributed by atoms with E-state index in [1.165, 1.54) is 12.1 Å². The summed E-state index contributed by atoms with van der Waals surface area (Å²) in [6, 6.07) is 8.10. The van der Waals surface area contributed by atoms with Gasteiger partial charge >= 0.3 is 0 Å². The van der Waals surface area contributed by atoms with Crippen LogP contribution in [-0.4, -0.2) is 32.0 Å². The lowest BCUT2D eigenvalue weighted by atomic mass is 9.98. The molecular weight excluding hydrogens is 276 g/mol. The Morgan fingerprint density at radius 2 is 1.67 bits per heavy atom. The number of aliphatic hydroxyl groups is 1. The van der Waals surface area contributed by atoms with Crippen molar-refractivity contribution in [2.75, 3.05) is 0 Å². The fourth-order valence-corrected chi connectivity index (χ4v) is 2.33. The molecule has 1 atom stereocenters. The highest BCUT2D eigenvalue weighted by atomic mass is 16.6. The Morgan fingerprint density at radius 1 is 1.00 bits per heavy atom. The minimum Gasteiger partial charge on any atom is -0.508 e. The van der Waals surface area contributed by atoms with Crippen LogP contribution in [0.5, 0.6) is 23.0 Å². The van der Waals surface area contributed by atoms with Crippen molar-refractivity contribution in [1.82, 2.24) is 0 Å². The van der Waals surface area contributed by atoms with E-state index in [9.17, 15) is 25.2 Å². The maximum atomic E-state index is 12.3. The second kappa shape index (κ2) is 4.39. The monoisotopic (exact) mass is 288 g/mol. The smallest absolute Gasteiger partial charge is 0.277 e. The van der Waals surface area contributed by atoms with Crippen LogP contribution in [0.25, 0.3) is 0 Å². The number of fused-ring (bicyclic) bond motifs is 1. The summed E-state index contributed by atoms with van der Waals surface area (Å²) >= 11 is 0. The van der Waals surface area contributed by atoms with Crippen molar-refractivity contribution >= 4 is 5.78 Å². The number of phenols is 3. The highest BCUT2D eigenvalue weighted by Crippen LogP contribution is 2.42. The van der Waals surface area contributed by atoms with Gasteiger partial charge in [-0.05, 0) is 17.7 Å². The number of phenolic OH excluding ortho intramolecular Hbond substituents is 3. The Morgan fingerprint density at radius 3 is 2.33 bits per heavy atom. The van der Waals surface area contributed by atoms with E-state index in [-0.39, 0.29) is 29.2 Å². The van der Waals surface area contributed by atoms with Gasteiger partial charge in [0.25, 0.3) is 5.79 Å². The molecule has 2 aromatic carbocycles. The molecule has 0 saturated carbocycles. The van der Waals surface area contributed by atoms with E-state index in [0.29, 0.717) is 5.56 Å². The Labute approximate surface area is 119 Å². The number of aromatic hydroxyl groups is 3. The summed E-state index contributed by atoms with van der Waals surface area (Å²) in [4.78, 5) is 12.3. The number of hydrogen-bond acceptors (Lipinski definition) is 6. The predicted octanol–water partition coefficient (Wildman–Crippen LogP) is 1.31. The average Bonchev–Trinajstić information content (AvgIpc) is 2.64. The van der Waals surface area contributed by atoms with Gasteiger partial charge in [-0.3, -0.25) is 4.79 Å². The molecule has 0 aliphatic carbocycles. The lowest BCUT2D eigenvalue weighted by molar-refractivity contribution is -0.0889. The highest BCUT2D eigenvalue weighted by molar-refractivity contribution is 6.08. The summed E-state index contributed by atoms with van der Waals surface area (Å²) in [7, 11) is 0. The molecule has 0 aromatic heterocycles. The first-order valence-electron chi connectivity index (χ1n) is 6.19. The van der Waals surface area contributed by atoms with E-state index in [0.717, 1.165) is 12.1 Å². The molecule has 0 radical (unpaired) electrons. The normalized spacial score (nSPS) is 20.1. The molecule has 3 rings (SSSR count). The molecule has 6 heteroatoms. The fraction of sp³-hybridized carbons (Fsp3) is 0.133. The van der Waals surface area contributed by atoms with Crippen LogP contribution in [-0.2, 0) is 6.42 Å². The van der Waals surface area contributed by atoms with Gasteiger partial charge in [0.2, 0.25) is 5.78 Å². The number of carbonyl (C=O) groups is 1. The zero-order chi connectivity index (χ0) is 15.2. The van der Waals surface area contributed by atoms with Gasteiger partial charge in [0.15, 0.2) is 0 Å². The van der Waals surface area contributed by atoms with E-state index in [1.807, 2.05) is 0 Å². The van der Waals surface area contributed by atoms with Gasteiger partial charge < -0.3 is 25.2 Å². The number of rotatable bonds is 2. The highest BCUT2D eigenvalue weighted by Gasteiger charge is 2.48. The minimum absolute atomic E-state index is 0.0651. The van der Waals surface area contributed by atoms with Gasteiger partial charge in [-0.15, -0.1) is 0 Å². The predicted molar refractivity (Wildman–Crippen MR) is 71.5 cm³/mol. The number of ketones is 1. The first kappa shape index (κ1) is 13.3. The van der Waals surface area contributed by atoms with Crippen molar-refractivity contribution < 1.29 is 30.0 Å². The van der Waals surface area contributed by atoms with Crippen molar-refractivity contribution in [2.24, 2.45) is 0 Å². The van der Waals surface area contributed by atoms with Gasteiger partial charge in [0.05, 0.1) is 0 Å². The Kier molecular flexibility index (Phi) is 2.77. The van der Waals surface area contributed by atoms with E-state index in [2.05, 4.69) is 0 Å². The second-order valence-electron chi connectivity index (χ2n) is 4.90. The van der Waals surface area contributed by atoms with Gasteiger partial charge in [0, 0.05) is 18.6 Å². The standard InChI is InChI=1S/C15H12O6/c16-9-3-1-8(2-4-9)7-15(20)14(19)13-11(18)5-10(17)6-12(13)21-15/h1-6,16-18,20H,7H2. The molecule has 0 bridgehead atoms. The number of ether oxygens (including phenoxy) is 1. The van der Waals surface area contributed by atoms with E-state index >= 15 is 0 Å². The molecule has 2 aromatic rings. The number of Topliss-reactive ketones (excluding diaryl/α,β-unsaturated/α-hetero) is 1. The van der Waals surface area contributed by atoms with Crippen LogP contribution in [0.4, 0.5) is 0 Å².